The first-order valence-electron chi connectivity index (χ1n) is 6.58. The standard InChI is InChI=1S/C15H13NO4/c17-15(18)10-6-11(16-14(10)8-1-2-8)9-3-4-12-13(5-9)20-7-19-12/h3-6,8,16H,1-2,7H2,(H,17,18). The molecular weight excluding hydrogens is 258 g/mol. The number of carboxylic acid groups (broad SMARTS) is 1. The molecule has 2 heterocycles. The summed E-state index contributed by atoms with van der Waals surface area (Å²) in [6.07, 6.45) is 2.11. The highest BCUT2D eigenvalue weighted by Crippen LogP contribution is 2.43. The SMILES string of the molecule is O=C(O)c1cc(-c2ccc3c(c2)OCO3)[nH]c1C1CC1. The normalized spacial score (nSPS) is 16.4. The summed E-state index contributed by atoms with van der Waals surface area (Å²) in [6.45, 7) is 0.233. The van der Waals surface area contributed by atoms with Crippen LogP contribution >= 0.6 is 0 Å². The van der Waals surface area contributed by atoms with Crippen molar-refractivity contribution in [3.05, 3.63) is 35.5 Å². The number of benzene rings is 1. The van der Waals surface area contributed by atoms with E-state index in [9.17, 15) is 9.90 Å². The van der Waals surface area contributed by atoms with Crippen LogP contribution < -0.4 is 9.47 Å². The van der Waals surface area contributed by atoms with Gasteiger partial charge in [-0.25, -0.2) is 4.79 Å². The Bertz CT molecular complexity index is 700. The molecule has 0 radical (unpaired) electrons. The van der Waals surface area contributed by atoms with Crippen LogP contribution in [0, 0.1) is 0 Å². The lowest BCUT2D eigenvalue weighted by Crippen LogP contribution is -1.98. The fourth-order valence-electron chi connectivity index (χ4n) is 2.56. The first-order valence-corrected chi connectivity index (χ1v) is 6.58. The Hall–Kier alpha value is -2.43. The van der Waals surface area contributed by atoms with Crippen molar-refractivity contribution < 1.29 is 19.4 Å². The van der Waals surface area contributed by atoms with E-state index < -0.39 is 5.97 Å². The summed E-state index contributed by atoms with van der Waals surface area (Å²) in [5.41, 5.74) is 2.93. The number of carbonyl (C=O) groups is 1. The zero-order valence-electron chi connectivity index (χ0n) is 10.7. The molecule has 5 nitrogen and oxygen atoms in total. The molecule has 1 aliphatic heterocycles. The first-order chi connectivity index (χ1) is 9.72. The zero-order valence-corrected chi connectivity index (χ0v) is 10.7. The van der Waals surface area contributed by atoms with E-state index in [0.717, 1.165) is 35.5 Å². The number of aromatic carboxylic acids is 1. The number of nitrogens with one attached hydrogen (secondary N) is 1. The van der Waals surface area contributed by atoms with Gasteiger partial charge in [0, 0.05) is 17.0 Å². The molecule has 0 unspecified atom stereocenters. The maximum atomic E-state index is 11.3. The Labute approximate surface area is 115 Å². The van der Waals surface area contributed by atoms with Crippen molar-refractivity contribution >= 4 is 5.97 Å². The lowest BCUT2D eigenvalue weighted by molar-refractivity contribution is 0.0696. The third-order valence-corrected chi connectivity index (χ3v) is 3.75. The van der Waals surface area contributed by atoms with Gasteiger partial charge in [0.25, 0.3) is 0 Å². The number of rotatable bonds is 3. The maximum absolute atomic E-state index is 11.3. The molecule has 5 heteroatoms. The van der Waals surface area contributed by atoms with Crippen molar-refractivity contribution in [2.45, 2.75) is 18.8 Å². The van der Waals surface area contributed by atoms with E-state index in [2.05, 4.69) is 4.98 Å². The van der Waals surface area contributed by atoms with Gasteiger partial charge in [-0.3, -0.25) is 0 Å². The van der Waals surface area contributed by atoms with Gasteiger partial charge in [-0.15, -0.1) is 0 Å². The molecule has 1 aromatic carbocycles. The van der Waals surface area contributed by atoms with Crippen LogP contribution in [0.3, 0.4) is 0 Å². The van der Waals surface area contributed by atoms with Crippen LogP contribution in [0.4, 0.5) is 0 Å². The largest absolute Gasteiger partial charge is 0.478 e. The van der Waals surface area contributed by atoms with Crippen molar-refractivity contribution in [1.29, 1.82) is 0 Å². The summed E-state index contributed by atoms with van der Waals surface area (Å²) >= 11 is 0. The molecule has 2 aliphatic rings. The van der Waals surface area contributed by atoms with Gasteiger partial charge in [-0.1, -0.05) is 0 Å². The molecule has 0 atom stereocenters. The first kappa shape index (κ1) is 11.4. The predicted molar refractivity (Wildman–Crippen MR) is 71.3 cm³/mol. The van der Waals surface area contributed by atoms with Gasteiger partial charge in [-0.05, 0) is 43.0 Å². The summed E-state index contributed by atoms with van der Waals surface area (Å²) in [5.74, 6) is 0.905. The quantitative estimate of drug-likeness (QED) is 0.900. The molecule has 4 rings (SSSR count). The Kier molecular flexibility index (Phi) is 2.30. The number of hydrogen-bond donors (Lipinski definition) is 2. The fraction of sp³-hybridized carbons (Fsp3) is 0.267. The smallest absolute Gasteiger partial charge is 0.337 e. The van der Waals surface area contributed by atoms with Crippen molar-refractivity contribution in [3.63, 3.8) is 0 Å². The van der Waals surface area contributed by atoms with E-state index in [4.69, 9.17) is 9.47 Å². The molecule has 0 bridgehead atoms. The second kappa shape index (κ2) is 4.03. The second-order valence-electron chi connectivity index (χ2n) is 5.16. The van der Waals surface area contributed by atoms with Gasteiger partial charge >= 0.3 is 5.97 Å². The number of ether oxygens (including phenoxy) is 2. The molecule has 1 saturated carbocycles. The predicted octanol–water partition coefficient (Wildman–Crippen LogP) is 2.99. The third-order valence-electron chi connectivity index (χ3n) is 3.75. The van der Waals surface area contributed by atoms with Crippen LogP contribution in [-0.4, -0.2) is 22.9 Å². The molecule has 2 N–H and O–H groups in total. The van der Waals surface area contributed by atoms with Crippen molar-refractivity contribution in [1.82, 2.24) is 4.98 Å². The maximum Gasteiger partial charge on any atom is 0.337 e. The van der Waals surface area contributed by atoms with Crippen LogP contribution in [0.1, 0.15) is 34.8 Å². The molecule has 1 fully saturated rings. The van der Waals surface area contributed by atoms with Crippen LogP contribution in [0.25, 0.3) is 11.3 Å². The number of H-pyrrole nitrogens is 1. The number of carboxylic acids is 1. The minimum absolute atomic E-state index is 0.233. The highest BCUT2D eigenvalue weighted by atomic mass is 16.7. The average molecular weight is 271 g/mol. The van der Waals surface area contributed by atoms with Gasteiger partial charge in [-0.2, -0.15) is 0 Å². The summed E-state index contributed by atoms with van der Waals surface area (Å²) in [6, 6.07) is 7.32. The monoisotopic (exact) mass is 271 g/mol. The number of aromatic amines is 1. The number of hydrogen-bond acceptors (Lipinski definition) is 3. The molecule has 0 spiro atoms. The molecule has 1 aliphatic carbocycles. The van der Waals surface area contributed by atoms with Crippen LogP contribution in [-0.2, 0) is 0 Å². The van der Waals surface area contributed by atoms with Crippen LogP contribution in [0.5, 0.6) is 11.5 Å². The van der Waals surface area contributed by atoms with E-state index in [1.165, 1.54) is 0 Å². The third kappa shape index (κ3) is 1.74. The van der Waals surface area contributed by atoms with Gasteiger partial charge in [0.05, 0.1) is 5.56 Å². The molecule has 0 amide bonds. The number of aromatic nitrogens is 1. The fourth-order valence-corrected chi connectivity index (χ4v) is 2.56. The highest BCUT2D eigenvalue weighted by Gasteiger charge is 2.30. The minimum atomic E-state index is -0.879. The zero-order chi connectivity index (χ0) is 13.7. The molecule has 102 valence electrons. The molecule has 20 heavy (non-hydrogen) atoms. The lowest BCUT2D eigenvalue weighted by Gasteiger charge is -2.01. The van der Waals surface area contributed by atoms with E-state index in [0.29, 0.717) is 17.2 Å². The minimum Gasteiger partial charge on any atom is -0.478 e. The van der Waals surface area contributed by atoms with Gasteiger partial charge in [0.2, 0.25) is 6.79 Å². The van der Waals surface area contributed by atoms with Crippen LogP contribution in [0.2, 0.25) is 0 Å². The van der Waals surface area contributed by atoms with Gasteiger partial charge < -0.3 is 19.6 Å². The molecule has 0 saturated heterocycles. The molecule has 2 aromatic rings. The summed E-state index contributed by atoms with van der Waals surface area (Å²) in [5, 5.41) is 9.29. The van der Waals surface area contributed by atoms with Gasteiger partial charge in [0.1, 0.15) is 0 Å². The Morgan fingerprint density at radius 1 is 1.20 bits per heavy atom. The summed E-state index contributed by atoms with van der Waals surface area (Å²) in [7, 11) is 0. The topological polar surface area (TPSA) is 71.6 Å². The Morgan fingerprint density at radius 3 is 2.75 bits per heavy atom. The average Bonchev–Trinajstić information content (AvgIpc) is 3.02. The Balaban J connectivity index is 1.78. The van der Waals surface area contributed by atoms with Crippen molar-refractivity contribution in [3.8, 4) is 22.8 Å². The van der Waals surface area contributed by atoms with E-state index in [-0.39, 0.29) is 6.79 Å². The summed E-state index contributed by atoms with van der Waals surface area (Å²) in [4.78, 5) is 14.6. The Morgan fingerprint density at radius 2 is 2.00 bits per heavy atom. The second-order valence-corrected chi connectivity index (χ2v) is 5.16. The van der Waals surface area contributed by atoms with Crippen molar-refractivity contribution in [2.24, 2.45) is 0 Å². The lowest BCUT2D eigenvalue weighted by atomic mass is 10.1. The highest BCUT2D eigenvalue weighted by molar-refractivity contribution is 5.91. The van der Waals surface area contributed by atoms with Gasteiger partial charge in [0.15, 0.2) is 11.5 Å². The van der Waals surface area contributed by atoms with Crippen LogP contribution in [0.15, 0.2) is 24.3 Å². The molecular formula is C15H13NO4. The van der Waals surface area contributed by atoms with E-state index in [1.54, 1.807) is 6.07 Å². The van der Waals surface area contributed by atoms with Crippen molar-refractivity contribution in [2.75, 3.05) is 6.79 Å². The summed E-state index contributed by atoms with van der Waals surface area (Å²) < 4.78 is 10.6. The number of fused-ring (bicyclic) bond motifs is 1. The molecule has 1 aromatic heterocycles. The van der Waals surface area contributed by atoms with E-state index in [1.807, 2.05) is 18.2 Å². The van der Waals surface area contributed by atoms with E-state index >= 15 is 0 Å².